The highest BCUT2D eigenvalue weighted by Crippen LogP contribution is 2.22. The lowest BCUT2D eigenvalue weighted by atomic mass is 10.1. The Balaban J connectivity index is 2.25. The average Bonchev–Trinajstić information content (AvgIpc) is 2.32. The van der Waals surface area contributed by atoms with Crippen LogP contribution < -0.4 is 11.1 Å². The zero-order chi connectivity index (χ0) is 14.0. The Hall–Kier alpha value is -1.88. The fourth-order valence-electron chi connectivity index (χ4n) is 1.70. The summed E-state index contributed by atoms with van der Waals surface area (Å²) in [5.74, 6) is -0.822. The van der Waals surface area contributed by atoms with Crippen LogP contribution in [0.15, 0.2) is 40.9 Å². The van der Waals surface area contributed by atoms with Crippen molar-refractivity contribution in [3.63, 3.8) is 0 Å². The summed E-state index contributed by atoms with van der Waals surface area (Å²) in [4.78, 5) is 12.1. The van der Waals surface area contributed by atoms with E-state index in [9.17, 15) is 9.18 Å². The molecule has 2 aromatic rings. The average molecular weight is 323 g/mol. The van der Waals surface area contributed by atoms with E-state index < -0.39 is 5.82 Å². The zero-order valence-electron chi connectivity index (χ0n) is 10.2. The van der Waals surface area contributed by atoms with Gasteiger partial charge in [0.05, 0.1) is 5.56 Å². The molecule has 0 unspecified atom stereocenters. The predicted molar refractivity (Wildman–Crippen MR) is 77.6 cm³/mol. The van der Waals surface area contributed by atoms with Crippen molar-refractivity contribution in [3.8, 4) is 0 Å². The lowest BCUT2D eigenvalue weighted by Gasteiger charge is -2.10. The Bertz CT molecular complexity index is 643. The third kappa shape index (κ3) is 3.12. The van der Waals surface area contributed by atoms with Crippen molar-refractivity contribution in [1.82, 2.24) is 0 Å². The molecule has 0 saturated heterocycles. The molecule has 3 N–H and O–H groups in total. The lowest BCUT2D eigenvalue weighted by Crippen LogP contribution is -2.14. The van der Waals surface area contributed by atoms with Gasteiger partial charge in [0.25, 0.3) is 5.91 Å². The SMILES string of the molecule is Cc1cc(Br)ccc1NC(=O)c1ccc(F)cc1N. The van der Waals surface area contributed by atoms with Crippen molar-refractivity contribution in [2.24, 2.45) is 0 Å². The van der Waals surface area contributed by atoms with E-state index in [1.165, 1.54) is 12.1 Å². The van der Waals surface area contributed by atoms with Crippen molar-refractivity contribution in [2.45, 2.75) is 6.92 Å². The number of halogens is 2. The number of amides is 1. The third-order valence-corrected chi connectivity index (χ3v) is 3.19. The molecule has 0 aliphatic heterocycles. The minimum Gasteiger partial charge on any atom is -0.398 e. The molecule has 3 nitrogen and oxygen atoms in total. The quantitative estimate of drug-likeness (QED) is 0.828. The highest BCUT2D eigenvalue weighted by Gasteiger charge is 2.11. The van der Waals surface area contributed by atoms with Crippen molar-refractivity contribution in [1.29, 1.82) is 0 Å². The molecular formula is C14H12BrFN2O. The highest BCUT2D eigenvalue weighted by molar-refractivity contribution is 9.10. The van der Waals surface area contributed by atoms with Gasteiger partial charge in [-0.1, -0.05) is 15.9 Å². The first-order valence-electron chi connectivity index (χ1n) is 5.60. The van der Waals surface area contributed by atoms with E-state index in [1.54, 1.807) is 6.07 Å². The number of nitrogen functional groups attached to an aromatic ring is 1. The highest BCUT2D eigenvalue weighted by atomic mass is 79.9. The van der Waals surface area contributed by atoms with E-state index in [-0.39, 0.29) is 17.2 Å². The van der Waals surface area contributed by atoms with Gasteiger partial charge in [-0.15, -0.1) is 0 Å². The minimum atomic E-state index is -0.464. The van der Waals surface area contributed by atoms with Gasteiger partial charge < -0.3 is 11.1 Å². The molecular weight excluding hydrogens is 311 g/mol. The van der Waals surface area contributed by atoms with Crippen LogP contribution in [0.25, 0.3) is 0 Å². The van der Waals surface area contributed by atoms with Crippen LogP contribution in [0, 0.1) is 12.7 Å². The van der Waals surface area contributed by atoms with Crippen LogP contribution in [-0.4, -0.2) is 5.91 Å². The fourth-order valence-corrected chi connectivity index (χ4v) is 2.17. The van der Waals surface area contributed by atoms with E-state index in [4.69, 9.17) is 5.73 Å². The van der Waals surface area contributed by atoms with Gasteiger partial charge in [-0.3, -0.25) is 4.79 Å². The van der Waals surface area contributed by atoms with Crippen molar-refractivity contribution < 1.29 is 9.18 Å². The van der Waals surface area contributed by atoms with Gasteiger partial charge in [0, 0.05) is 15.8 Å². The summed E-state index contributed by atoms with van der Waals surface area (Å²) in [6.45, 7) is 1.88. The number of hydrogen-bond acceptors (Lipinski definition) is 2. The van der Waals surface area contributed by atoms with Crippen molar-refractivity contribution in [2.75, 3.05) is 11.1 Å². The summed E-state index contributed by atoms with van der Waals surface area (Å²) in [7, 11) is 0. The van der Waals surface area contributed by atoms with Crippen LogP contribution in [0.3, 0.4) is 0 Å². The van der Waals surface area contributed by atoms with Crippen LogP contribution in [0.2, 0.25) is 0 Å². The molecule has 19 heavy (non-hydrogen) atoms. The molecule has 0 aromatic heterocycles. The van der Waals surface area contributed by atoms with E-state index in [0.717, 1.165) is 16.1 Å². The molecule has 0 aliphatic carbocycles. The predicted octanol–water partition coefficient (Wildman–Crippen LogP) is 3.73. The van der Waals surface area contributed by atoms with E-state index >= 15 is 0 Å². The lowest BCUT2D eigenvalue weighted by molar-refractivity contribution is 0.102. The summed E-state index contributed by atoms with van der Waals surface area (Å²) in [6, 6.07) is 9.22. The van der Waals surface area contributed by atoms with Crippen LogP contribution >= 0.6 is 15.9 Å². The van der Waals surface area contributed by atoms with E-state index in [1.807, 2.05) is 19.1 Å². The number of nitrogens with two attached hydrogens (primary N) is 1. The molecule has 0 radical (unpaired) electrons. The second kappa shape index (κ2) is 5.40. The van der Waals surface area contributed by atoms with E-state index in [2.05, 4.69) is 21.2 Å². The molecule has 0 spiro atoms. The van der Waals surface area contributed by atoms with Gasteiger partial charge >= 0.3 is 0 Å². The van der Waals surface area contributed by atoms with Crippen molar-refractivity contribution in [3.05, 3.63) is 57.8 Å². The molecule has 0 fully saturated rings. The summed E-state index contributed by atoms with van der Waals surface area (Å²) in [6.07, 6.45) is 0. The number of benzene rings is 2. The molecule has 0 atom stereocenters. The Morgan fingerprint density at radius 1 is 1.26 bits per heavy atom. The van der Waals surface area contributed by atoms with Gasteiger partial charge in [-0.05, 0) is 48.9 Å². The number of carbonyl (C=O) groups is 1. The van der Waals surface area contributed by atoms with E-state index in [0.29, 0.717) is 5.69 Å². The molecule has 1 amide bonds. The normalized spacial score (nSPS) is 10.3. The Morgan fingerprint density at radius 3 is 2.63 bits per heavy atom. The maximum atomic E-state index is 12.9. The molecule has 2 aromatic carbocycles. The van der Waals surface area contributed by atoms with Gasteiger partial charge in [-0.25, -0.2) is 4.39 Å². The van der Waals surface area contributed by atoms with Crippen molar-refractivity contribution >= 4 is 33.2 Å². The first kappa shape index (κ1) is 13.5. The Kier molecular flexibility index (Phi) is 3.85. The summed E-state index contributed by atoms with van der Waals surface area (Å²) >= 11 is 3.35. The molecule has 0 bridgehead atoms. The largest absolute Gasteiger partial charge is 0.398 e. The van der Waals surface area contributed by atoms with Crippen LogP contribution in [0.5, 0.6) is 0 Å². The molecule has 0 aliphatic rings. The number of nitrogens with one attached hydrogen (secondary N) is 1. The van der Waals surface area contributed by atoms with Crippen LogP contribution in [0.1, 0.15) is 15.9 Å². The number of hydrogen-bond donors (Lipinski definition) is 2. The monoisotopic (exact) mass is 322 g/mol. The summed E-state index contributed by atoms with van der Waals surface area (Å²) < 4.78 is 13.9. The molecule has 0 saturated carbocycles. The molecule has 98 valence electrons. The third-order valence-electron chi connectivity index (χ3n) is 2.69. The standard InChI is InChI=1S/C14H12BrFN2O/c1-8-6-9(15)2-5-13(8)18-14(19)11-4-3-10(16)7-12(11)17/h2-7H,17H2,1H3,(H,18,19). The first-order valence-corrected chi connectivity index (χ1v) is 6.39. The Morgan fingerprint density at radius 2 is 2.00 bits per heavy atom. The number of rotatable bonds is 2. The van der Waals surface area contributed by atoms with Gasteiger partial charge in [0.15, 0.2) is 0 Å². The second-order valence-electron chi connectivity index (χ2n) is 4.14. The number of carbonyl (C=O) groups excluding carboxylic acids is 1. The zero-order valence-corrected chi connectivity index (χ0v) is 11.8. The van der Waals surface area contributed by atoms with Gasteiger partial charge in [0.2, 0.25) is 0 Å². The van der Waals surface area contributed by atoms with Crippen LogP contribution in [0.4, 0.5) is 15.8 Å². The number of aryl methyl sites for hydroxylation is 1. The van der Waals surface area contributed by atoms with Crippen LogP contribution in [-0.2, 0) is 0 Å². The summed E-state index contributed by atoms with van der Waals surface area (Å²) in [5.41, 5.74) is 7.61. The van der Waals surface area contributed by atoms with Gasteiger partial charge in [0.1, 0.15) is 5.82 Å². The topological polar surface area (TPSA) is 55.1 Å². The smallest absolute Gasteiger partial charge is 0.257 e. The molecule has 5 heteroatoms. The fraction of sp³-hybridized carbons (Fsp3) is 0.0714. The second-order valence-corrected chi connectivity index (χ2v) is 5.06. The van der Waals surface area contributed by atoms with Gasteiger partial charge in [-0.2, -0.15) is 0 Å². The molecule has 0 heterocycles. The maximum Gasteiger partial charge on any atom is 0.257 e. The number of anilines is 2. The molecule has 2 rings (SSSR count). The minimum absolute atomic E-state index is 0.118. The Labute approximate surface area is 118 Å². The first-order chi connectivity index (χ1) is 8.97. The summed E-state index contributed by atoms with van der Waals surface area (Å²) in [5, 5.41) is 2.75. The maximum absolute atomic E-state index is 12.9.